The van der Waals surface area contributed by atoms with Crippen LogP contribution in [-0.2, 0) is 20.9 Å². The zero-order valence-corrected chi connectivity index (χ0v) is 14.8. The second kappa shape index (κ2) is 11.0. The molecule has 24 heavy (non-hydrogen) atoms. The number of rotatable bonds is 8. The van der Waals surface area contributed by atoms with Crippen LogP contribution in [0.25, 0.3) is 0 Å². The maximum Gasteiger partial charge on any atom is 0.253 e. The average molecular weight is 356 g/mol. The van der Waals surface area contributed by atoms with Crippen molar-refractivity contribution in [3.8, 4) is 0 Å². The van der Waals surface area contributed by atoms with Crippen molar-refractivity contribution < 1.29 is 14.3 Å². The van der Waals surface area contributed by atoms with Crippen LogP contribution < -0.4 is 16.0 Å². The highest BCUT2D eigenvalue weighted by Crippen LogP contribution is 2.16. The zero-order chi connectivity index (χ0) is 16.5. The SMILES string of the molecule is CNCCCC(=O)NCc1cccc(NC(=O)C2CCCO2)c1.Cl. The number of hydrogen-bond acceptors (Lipinski definition) is 4. The van der Waals surface area contributed by atoms with Gasteiger partial charge in [0, 0.05) is 25.3 Å². The van der Waals surface area contributed by atoms with Crippen LogP contribution in [-0.4, -0.2) is 38.1 Å². The molecule has 0 radical (unpaired) electrons. The molecule has 7 heteroatoms. The highest BCUT2D eigenvalue weighted by atomic mass is 35.5. The van der Waals surface area contributed by atoms with Crippen LogP contribution in [0, 0.1) is 0 Å². The van der Waals surface area contributed by atoms with E-state index in [0.717, 1.165) is 37.1 Å². The van der Waals surface area contributed by atoms with Crippen molar-refractivity contribution in [2.75, 3.05) is 25.5 Å². The highest BCUT2D eigenvalue weighted by Gasteiger charge is 2.23. The Bertz CT molecular complexity index is 534. The highest BCUT2D eigenvalue weighted by molar-refractivity contribution is 5.94. The Labute approximate surface area is 149 Å². The number of carbonyl (C=O) groups excluding carboxylic acids is 2. The summed E-state index contributed by atoms with van der Waals surface area (Å²) in [6.45, 7) is 1.94. The second-order valence-electron chi connectivity index (χ2n) is 5.68. The van der Waals surface area contributed by atoms with Crippen molar-refractivity contribution in [3.63, 3.8) is 0 Å². The number of halogens is 1. The summed E-state index contributed by atoms with van der Waals surface area (Å²) in [6, 6.07) is 7.51. The quantitative estimate of drug-likeness (QED) is 0.622. The summed E-state index contributed by atoms with van der Waals surface area (Å²) in [5.41, 5.74) is 1.68. The van der Waals surface area contributed by atoms with E-state index in [9.17, 15) is 9.59 Å². The molecule has 0 saturated carbocycles. The standard InChI is InChI=1S/C17H25N3O3.ClH/c1-18-9-3-8-16(21)19-12-13-5-2-6-14(11-13)20-17(22)15-7-4-10-23-15;/h2,5-6,11,15,18H,3-4,7-10,12H2,1H3,(H,19,21)(H,20,22);1H. The third-order valence-corrected chi connectivity index (χ3v) is 3.74. The number of hydrogen-bond donors (Lipinski definition) is 3. The number of carbonyl (C=O) groups is 2. The van der Waals surface area contributed by atoms with Crippen molar-refractivity contribution >= 4 is 29.9 Å². The fraction of sp³-hybridized carbons (Fsp3) is 0.529. The first kappa shape index (κ1) is 20.4. The number of amides is 2. The van der Waals surface area contributed by atoms with Gasteiger partial charge in [-0.15, -0.1) is 12.4 Å². The van der Waals surface area contributed by atoms with Crippen molar-refractivity contribution in [3.05, 3.63) is 29.8 Å². The molecule has 1 aliphatic heterocycles. The van der Waals surface area contributed by atoms with Gasteiger partial charge in [-0.25, -0.2) is 0 Å². The molecule has 1 heterocycles. The monoisotopic (exact) mass is 355 g/mol. The molecule has 3 N–H and O–H groups in total. The molecule has 1 aliphatic rings. The van der Waals surface area contributed by atoms with Crippen molar-refractivity contribution in [2.24, 2.45) is 0 Å². The van der Waals surface area contributed by atoms with Crippen LogP contribution >= 0.6 is 12.4 Å². The molecule has 0 aromatic heterocycles. The summed E-state index contributed by atoms with van der Waals surface area (Å²) in [4.78, 5) is 23.7. The van der Waals surface area contributed by atoms with Crippen molar-refractivity contribution in [2.45, 2.75) is 38.3 Å². The van der Waals surface area contributed by atoms with Gasteiger partial charge in [0.1, 0.15) is 6.10 Å². The molecule has 1 saturated heterocycles. The van der Waals surface area contributed by atoms with Gasteiger partial charge in [-0.05, 0) is 50.6 Å². The first-order chi connectivity index (χ1) is 11.2. The molecule has 0 spiro atoms. The lowest BCUT2D eigenvalue weighted by atomic mass is 10.1. The van der Waals surface area contributed by atoms with Crippen LogP contribution in [0.1, 0.15) is 31.2 Å². The number of ether oxygens (including phenoxy) is 1. The van der Waals surface area contributed by atoms with E-state index in [1.165, 1.54) is 0 Å². The summed E-state index contributed by atoms with van der Waals surface area (Å²) < 4.78 is 5.37. The zero-order valence-electron chi connectivity index (χ0n) is 14.0. The lowest BCUT2D eigenvalue weighted by molar-refractivity contribution is -0.124. The summed E-state index contributed by atoms with van der Waals surface area (Å²) in [6.07, 6.45) is 2.69. The Kier molecular flexibility index (Phi) is 9.37. The summed E-state index contributed by atoms with van der Waals surface area (Å²) in [7, 11) is 1.87. The third-order valence-electron chi connectivity index (χ3n) is 3.74. The van der Waals surface area contributed by atoms with E-state index in [-0.39, 0.29) is 30.3 Å². The van der Waals surface area contributed by atoms with Gasteiger partial charge in [-0.3, -0.25) is 9.59 Å². The second-order valence-corrected chi connectivity index (χ2v) is 5.68. The van der Waals surface area contributed by atoms with Crippen LogP contribution in [0.5, 0.6) is 0 Å². The van der Waals surface area contributed by atoms with Crippen molar-refractivity contribution in [1.29, 1.82) is 0 Å². The van der Waals surface area contributed by atoms with Gasteiger partial charge in [0.25, 0.3) is 5.91 Å². The minimum Gasteiger partial charge on any atom is -0.368 e. The van der Waals surface area contributed by atoms with Gasteiger partial charge in [0.15, 0.2) is 0 Å². The fourth-order valence-corrected chi connectivity index (χ4v) is 2.48. The lowest BCUT2D eigenvalue weighted by Gasteiger charge is -2.12. The van der Waals surface area contributed by atoms with Crippen molar-refractivity contribution in [1.82, 2.24) is 10.6 Å². The molecule has 6 nitrogen and oxygen atoms in total. The summed E-state index contributed by atoms with van der Waals surface area (Å²) >= 11 is 0. The minimum atomic E-state index is -0.342. The molecular formula is C17H26ClN3O3. The van der Waals surface area contributed by atoms with Gasteiger partial charge < -0.3 is 20.7 Å². The van der Waals surface area contributed by atoms with E-state index in [0.29, 0.717) is 19.6 Å². The number of anilines is 1. The Morgan fingerprint density at radius 2 is 2.17 bits per heavy atom. The van der Waals surface area contributed by atoms with E-state index < -0.39 is 0 Å². The largest absolute Gasteiger partial charge is 0.368 e. The van der Waals surface area contributed by atoms with Gasteiger partial charge in [0.05, 0.1) is 0 Å². The van der Waals surface area contributed by atoms with E-state index in [4.69, 9.17) is 4.74 Å². The van der Waals surface area contributed by atoms with Crippen LogP contribution in [0.2, 0.25) is 0 Å². The first-order valence-electron chi connectivity index (χ1n) is 8.12. The topological polar surface area (TPSA) is 79.5 Å². The van der Waals surface area contributed by atoms with Crippen LogP contribution in [0.15, 0.2) is 24.3 Å². The summed E-state index contributed by atoms with van der Waals surface area (Å²) in [5, 5.41) is 8.77. The molecule has 0 bridgehead atoms. The van der Waals surface area contributed by atoms with Crippen LogP contribution in [0.3, 0.4) is 0 Å². The number of benzene rings is 1. The fourth-order valence-electron chi connectivity index (χ4n) is 2.48. The average Bonchev–Trinajstić information content (AvgIpc) is 3.08. The number of nitrogens with one attached hydrogen (secondary N) is 3. The van der Waals surface area contributed by atoms with E-state index >= 15 is 0 Å². The van der Waals surface area contributed by atoms with E-state index in [2.05, 4.69) is 16.0 Å². The Morgan fingerprint density at radius 1 is 1.33 bits per heavy atom. The van der Waals surface area contributed by atoms with Gasteiger partial charge in [0.2, 0.25) is 5.91 Å². The molecule has 2 rings (SSSR count). The predicted molar refractivity (Wildman–Crippen MR) is 96.3 cm³/mol. The molecule has 1 atom stereocenters. The van der Waals surface area contributed by atoms with E-state index in [1.54, 1.807) is 0 Å². The smallest absolute Gasteiger partial charge is 0.253 e. The molecule has 0 aliphatic carbocycles. The molecule has 134 valence electrons. The first-order valence-corrected chi connectivity index (χ1v) is 8.12. The Morgan fingerprint density at radius 3 is 2.88 bits per heavy atom. The van der Waals surface area contributed by atoms with Gasteiger partial charge >= 0.3 is 0 Å². The molecular weight excluding hydrogens is 330 g/mol. The van der Waals surface area contributed by atoms with Gasteiger partial charge in [-0.2, -0.15) is 0 Å². The maximum absolute atomic E-state index is 12.0. The molecule has 1 aromatic rings. The van der Waals surface area contributed by atoms with Crippen LogP contribution in [0.4, 0.5) is 5.69 Å². The third kappa shape index (κ3) is 6.86. The molecule has 1 unspecified atom stereocenters. The Hall–Kier alpha value is -1.63. The normalized spacial score (nSPS) is 16.3. The molecule has 2 amide bonds. The molecule has 1 aromatic carbocycles. The lowest BCUT2D eigenvalue weighted by Crippen LogP contribution is -2.27. The van der Waals surface area contributed by atoms with Gasteiger partial charge in [-0.1, -0.05) is 12.1 Å². The minimum absolute atomic E-state index is 0. The maximum atomic E-state index is 12.0. The van der Waals surface area contributed by atoms with E-state index in [1.807, 2.05) is 31.3 Å². The Balaban J connectivity index is 0.00000288. The molecule has 1 fully saturated rings. The summed E-state index contributed by atoms with van der Waals surface area (Å²) in [5.74, 6) is -0.0650. The predicted octanol–water partition coefficient (Wildman–Crippen LogP) is 1.84.